The normalized spacial score (nSPS) is 14.8. The van der Waals surface area contributed by atoms with Crippen LogP contribution < -0.4 is 9.47 Å². The second-order valence-corrected chi connectivity index (χ2v) is 11.4. The number of hydrogen-bond donors (Lipinski definition) is 0. The molecule has 0 atom stereocenters. The molecule has 0 aliphatic carbocycles. The molecule has 198 valence electrons. The highest BCUT2D eigenvalue weighted by atomic mass is 32.2. The fraction of sp³-hybridized carbons (Fsp3) is 0.212. The number of carbonyl (C=O) groups is 2. The van der Waals surface area contributed by atoms with Gasteiger partial charge in [-0.3, -0.25) is 14.5 Å². The van der Waals surface area contributed by atoms with Crippen LogP contribution in [0.4, 0.5) is 4.79 Å². The van der Waals surface area contributed by atoms with E-state index in [2.05, 4.69) is 32.9 Å². The van der Waals surface area contributed by atoms with Crippen LogP contribution in [0, 0.1) is 0 Å². The van der Waals surface area contributed by atoms with Crippen LogP contribution in [0.1, 0.15) is 37.5 Å². The molecule has 0 radical (unpaired) electrons. The Morgan fingerprint density at radius 1 is 0.769 bits per heavy atom. The van der Waals surface area contributed by atoms with E-state index in [-0.39, 0.29) is 23.1 Å². The van der Waals surface area contributed by atoms with Gasteiger partial charge < -0.3 is 9.47 Å². The SMILES string of the molecule is CC(C)(C)c1ccc(OCCOc2ccc(/C=C3\SC(=O)N(Cc4cccc5ccccc45)C3=O)cc2)cc1. The molecule has 0 unspecified atom stereocenters. The van der Waals surface area contributed by atoms with Gasteiger partial charge >= 0.3 is 0 Å². The zero-order chi connectivity index (χ0) is 27.4. The molecule has 0 aromatic heterocycles. The first kappa shape index (κ1) is 26.6. The Balaban J connectivity index is 1.15. The molecule has 4 aromatic rings. The summed E-state index contributed by atoms with van der Waals surface area (Å²) < 4.78 is 11.6. The highest BCUT2D eigenvalue weighted by Gasteiger charge is 2.35. The van der Waals surface area contributed by atoms with E-state index in [1.807, 2.05) is 78.9 Å². The van der Waals surface area contributed by atoms with E-state index in [4.69, 9.17) is 9.47 Å². The van der Waals surface area contributed by atoms with Crippen LogP contribution in [0.2, 0.25) is 0 Å². The van der Waals surface area contributed by atoms with Gasteiger partial charge in [-0.2, -0.15) is 0 Å². The molecule has 4 aromatic carbocycles. The first-order valence-corrected chi connectivity index (χ1v) is 13.8. The average molecular weight is 538 g/mol. The van der Waals surface area contributed by atoms with Gasteiger partial charge in [0.15, 0.2) is 0 Å². The van der Waals surface area contributed by atoms with Crippen LogP contribution >= 0.6 is 11.8 Å². The summed E-state index contributed by atoms with van der Waals surface area (Å²) in [5.41, 5.74) is 3.15. The number of rotatable bonds is 8. The molecule has 1 saturated heterocycles. The lowest BCUT2D eigenvalue weighted by Crippen LogP contribution is -2.27. The van der Waals surface area contributed by atoms with Gasteiger partial charge in [-0.15, -0.1) is 0 Å². The van der Waals surface area contributed by atoms with E-state index in [0.717, 1.165) is 39.4 Å². The van der Waals surface area contributed by atoms with Gasteiger partial charge in [-0.1, -0.05) is 87.5 Å². The maximum absolute atomic E-state index is 13.1. The van der Waals surface area contributed by atoms with Crippen LogP contribution in [0.25, 0.3) is 16.8 Å². The third-order valence-corrected chi connectivity index (χ3v) is 7.51. The van der Waals surface area contributed by atoms with Crippen molar-refractivity contribution in [3.63, 3.8) is 0 Å². The number of carbonyl (C=O) groups excluding carboxylic acids is 2. The zero-order valence-corrected chi connectivity index (χ0v) is 23.2. The molecule has 1 fully saturated rings. The average Bonchev–Trinajstić information content (AvgIpc) is 3.19. The minimum absolute atomic E-state index is 0.111. The quantitative estimate of drug-likeness (QED) is 0.169. The smallest absolute Gasteiger partial charge is 0.293 e. The van der Waals surface area contributed by atoms with E-state index in [9.17, 15) is 9.59 Å². The lowest BCUT2D eigenvalue weighted by molar-refractivity contribution is -0.123. The Morgan fingerprint density at radius 2 is 1.38 bits per heavy atom. The highest BCUT2D eigenvalue weighted by Crippen LogP contribution is 2.34. The summed E-state index contributed by atoms with van der Waals surface area (Å²) in [6, 6.07) is 29.5. The first-order valence-electron chi connectivity index (χ1n) is 13.0. The largest absolute Gasteiger partial charge is 0.490 e. The Bertz CT molecular complexity index is 1510. The second-order valence-electron chi connectivity index (χ2n) is 10.4. The Labute approximate surface area is 233 Å². The number of imide groups is 1. The Kier molecular flexibility index (Phi) is 7.75. The zero-order valence-electron chi connectivity index (χ0n) is 22.3. The highest BCUT2D eigenvalue weighted by molar-refractivity contribution is 8.18. The molecule has 0 saturated carbocycles. The number of fused-ring (bicyclic) bond motifs is 1. The molecule has 1 heterocycles. The van der Waals surface area contributed by atoms with Crippen molar-refractivity contribution in [2.24, 2.45) is 0 Å². The molecular weight excluding hydrogens is 506 g/mol. The molecule has 2 amide bonds. The summed E-state index contributed by atoms with van der Waals surface area (Å²) in [6.45, 7) is 7.65. The predicted octanol–water partition coefficient (Wildman–Crippen LogP) is 7.83. The maximum Gasteiger partial charge on any atom is 0.293 e. The summed E-state index contributed by atoms with van der Waals surface area (Å²) in [5.74, 6) is 1.25. The van der Waals surface area contributed by atoms with Crippen molar-refractivity contribution < 1.29 is 19.1 Å². The second kappa shape index (κ2) is 11.4. The molecule has 5 nitrogen and oxygen atoms in total. The van der Waals surface area contributed by atoms with Crippen molar-refractivity contribution in [1.29, 1.82) is 0 Å². The number of benzene rings is 4. The van der Waals surface area contributed by atoms with Crippen LogP contribution in [0.5, 0.6) is 11.5 Å². The van der Waals surface area contributed by atoms with Gasteiger partial charge in [0, 0.05) is 0 Å². The van der Waals surface area contributed by atoms with Crippen molar-refractivity contribution in [2.45, 2.75) is 32.7 Å². The molecule has 5 rings (SSSR count). The van der Waals surface area contributed by atoms with Gasteiger partial charge in [0.2, 0.25) is 0 Å². The van der Waals surface area contributed by atoms with Gasteiger partial charge in [-0.05, 0) is 75.0 Å². The minimum Gasteiger partial charge on any atom is -0.490 e. The third-order valence-electron chi connectivity index (χ3n) is 6.60. The molecule has 0 bridgehead atoms. The van der Waals surface area contributed by atoms with Crippen molar-refractivity contribution in [3.05, 3.63) is 113 Å². The number of nitrogens with zero attached hydrogens (tertiary/aromatic N) is 1. The first-order chi connectivity index (χ1) is 18.8. The molecule has 39 heavy (non-hydrogen) atoms. The van der Waals surface area contributed by atoms with E-state index in [0.29, 0.717) is 23.9 Å². The van der Waals surface area contributed by atoms with Crippen LogP contribution in [0.15, 0.2) is 95.9 Å². The Hall–Kier alpha value is -4.03. The van der Waals surface area contributed by atoms with E-state index in [1.54, 1.807) is 6.08 Å². The third kappa shape index (κ3) is 6.35. The van der Waals surface area contributed by atoms with Gasteiger partial charge in [0.05, 0.1) is 11.4 Å². The minimum atomic E-state index is -0.272. The van der Waals surface area contributed by atoms with Crippen molar-refractivity contribution >= 4 is 39.8 Å². The number of thioether (sulfide) groups is 1. The monoisotopic (exact) mass is 537 g/mol. The topological polar surface area (TPSA) is 55.8 Å². The maximum atomic E-state index is 13.1. The standard InChI is InChI=1S/C33H31NO4S/c1-33(2,3)26-13-17-28(18-14-26)38-20-19-37-27-15-11-23(12-16-27)21-30-31(35)34(32(36)39-30)22-25-9-6-8-24-7-4-5-10-29(24)25/h4-18,21H,19-20,22H2,1-3H3/b30-21-. The van der Waals surface area contributed by atoms with Crippen molar-refractivity contribution in [2.75, 3.05) is 13.2 Å². The summed E-state index contributed by atoms with van der Waals surface area (Å²) in [6.07, 6.45) is 1.75. The molecular formula is C33H31NO4S. The van der Waals surface area contributed by atoms with Crippen molar-refractivity contribution in [1.82, 2.24) is 4.90 Å². The molecule has 6 heteroatoms. The summed E-state index contributed by atoms with van der Waals surface area (Å²) in [7, 11) is 0. The Morgan fingerprint density at radius 3 is 2.05 bits per heavy atom. The van der Waals surface area contributed by atoms with Gasteiger partial charge in [0.25, 0.3) is 11.1 Å². The lowest BCUT2D eigenvalue weighted by Gasteiger charge is -2.19. The van der Waals surface area contributed by atoms with Gasteiger partial charge in [-0.25, -0.2) is 0 Å². The molecule has 1 aliphatic heterocycles. The van der Waals surface area contributed by atoms with E-state index >= 15 is 0 Å². The van der Waals surface area contributed by atoms with Crippen LogP contribution in [-0.2, 0) is 16.8 Å². The van der Waals surface area contributed by atoms with E-state index < -0.39 is 0 Å². The molecule has 1 aliphatic rings. The summed E-state index contributed by atoms with van der Waals surface area (Å²) in [5, 5.41) is 1.87. The summed E-state index contributed by atoms with van der Waals surface area (Å²) >= 11 is 0.973. The number of hydrogen-bond acceptors (Lipinski definition) is 5. The molecule has 0 spiro atoms. The molecule has 0 N–H and O–H groups in total. The predicted molar refractivity (Wildman–Crippen MR) is 158 cm³/mol. The van der Waals surface area contributed by atoms with Gasteiger partial charge in [0.1, 0.15) is 24.7 Å². The van der Waals surface area contributed by atoms with Crippen molar-refractivity contribution in [3.8, 4) is 11.5 Å². The number of amides is 2. The van der Waals surface area contributed by atoms with E-state index in [1.165, 1.54) is 10.5 Å². The fourth-order valence-electron chi connectivity index (χ4n) is 4.42. The summed E-state index contributed by atoms with van der Waals surface area (Å²) in [4.78, 5) is 27.5. The van der Waals surface area contributed by atoms with Crippen LogP contribution in [-0.4, -0.2) is 29.3 Å². The fourth-order valence-corrected chi connectivity index (χ4v) is 5.26. The number of ether oxygens (including phenoxy) is 2. The van der Waals surface area contributed by atoms with Crippen LogP contribution in [0.3, 0.4) is 0 Å². The lowest BCUT2D eigenvalue weighted by atomic mass is 9.87.